The first kappa shape index (κ1) is 18.3. The molecule has 134 valence electrons. The lowest BCUT2D eigenvalue weighted by Gasteiger charge is -2.42. The summed E-state index contributed by atoms with van der Waals surface area (Å²) in [5, 5.41) is 3.53. The Morgan fingerprint density at radius 3 is 2.38 bits per heavy atom. The van der Waals surface area contributed by atoms with Crippen LogP contribution in [0, 0.1) is 5.92 Å². The van der Waals surface area contributed by atoms with Gasteiger partial charge in [-0.1, -0.05) is 58.2 Å². The van der Waals surface area contributed by atoms with E-state index in [9.17, 15) is 0 Å². The highest BCUT2D eigenvalue weighted by Crippen LogP contribution is 2.44. The van der Waals surface area contributed by atoms with Crippen LogP contribution in [-0.4, -0.2) is 35.8 Å². The molecule has 24 heavy (non-hydrogen) atoms. The molecule has 1 saturated heterocycles. The highest BCUT2D eigenvalue weighted by Gasteiger charge is 2.32. The summed E-state index contributed by atoms with van der Waals surface area (Å²) in [5.74, 6) is 0.832. The van der Waals surface area contributed by atoms with E-state index in [1.807, 2.05) is 11.8 Å². The number of hydrogen-bond acceptors (Lipinski definition) is 3. The molecule has 1 aliphatic heterocycles. The first-order valence-corrected chi connectivity index (χ1v) is 10.6. The maximum atomic E-state index is 3.53. The van der Waals surface area contributed by atoms with Crippen LogP contribution in [0.2, 0.25) is 0 Å². The molecule has 1 aromatic carbocycles. The highest BCUT2D eigenvalue weighted by molar-refractivity contribution is 8.00. The van der Waals surface area contributed by atoms with Crippen LogP contribution >= 0.6 is 11.8 Å². The summed E-state index contributed by atoms with van der Waals surface area (Å²) in [4.78, 5) is 4.27. The van der Waals surface area contributed by atoms with Gasteiger partial charge in [0.05, 0.1) is 0 Å². The van der Waals surface area contributed by atoms with Gasteiger partial charge in [-0.15, -0.1) is 11.8 Å². The first-order valence-electron chi connectivity index (χ1n) is 9.77. The lowest BCUT2D eigenvalue weighted by molar-refractivity contribution is 0.101. The highest BCUT2D eigenvalue weighted by atomic mass is 32.2. The summed E-state index contributed by atoms with van der Waals surface area (Å²) in [6.45, 7) is 11.6. The van der Waals surface area contributed by atoms with Gasteiger partial charge in [-0.2, -0.15) is 0 Å². The lowest BCUT2D eigenvalue weighted by atomic mass is 9.80. The minimum Gasteiger partial charge on any atom is -0.314 e. The number of piperazine rings is 1. The molecule has 1 heterocycles. The number of nitrogens with one attached hydrogen (secondary N) is 1. The summed E-state index contributed by atoms with van der Waals surface area (Å²) in [7, 11) is 0. The molecular formula is C21H34N2S. The molecule has 1 aliphatic carbocycles. The maximum Gasteiger partial charge on any atom is 0.0388 e. The number of hydrogen-bond donors (Lipinski definition) is 1. The maximum absolute atomic E-state index is 3.53. The van der Waals surface area contributed by atoms with Crippen LogP contribution in [0.15, 0.2) is 29.2 Å². The predicted octanol–water partition coefficient (Wildman–Crippen LogP) is 5.10. The van der Waals surface area contributed by atoms with Gasteiger partial charge in [0.25, 0.3) is 0 Å². The minimum absolute atomic E-state index is 0.261. The molecule has 0 radical (unpaired) electrons. The average Bonchev–Trinajstić information content (AvgIpc) is 2.57. The molecular weight excluding hydrogens is 312 g/mol. The molecule has 0 bridgehead atoms. The number of benzene rings is 1. The Labute approximate surface area is 152 Å². The summed E-state index contributed by atoms with van der Waals surface area (Å²) in [6, 6.07) is 9.84. The van der Waals surface area contributed by atoms with Gasteiger partial charge in [-0.3, -0.25) is 4.90 Å². The van der Waals surface area contributed by atoms with Gasteiger partial charge in [0, 0.05) is 41.9 Å². The normalized spacial score (nSPS) is 22.5. The summed E-state index contributed by atoms with van der Waals surface area (Å²) >= 11 is 2.04. The van der Waals surface area contributed by atoms with Crippen LogP contribution in [0.5, 0.6) is 0 Å². The SMILES string of the molecule is CC(C)(C)Sc1ccccc1[C@@H](C1CCCCC1)N1CCNCC1. The van der Waals surface area contributed by atoms with Crippen molar-refractivity contribution in [1.82, 2.24) is 10.2 Å². The van der Waals surface area contributed by atoms with Crippen molar-refractivity contribution in [2.75, 3.05) is 26.2 Å². The first-order chi connectivity index (χ1) is 11.5. The molecule has 0 aromatic heterocycles. The molecule has 1 saturated carbocycles. The van der Waals surface area contributed by atoms with Crippen molar-refractivity contribution in [2.45, 2.75) is 68.6 Å². The molecule has 0 amide bonds. The van der Waals surface area contributed by atoms with E-state index in [0.29, 0.717) is 6.04 Å². The third-order valence-corrected chi connectivity index (χ3v) is 6.50. The molecule has 0 spiro atoms. The van der Waals surface area contributed by atoms with Crippen molar-refractivity contribution in [3.05, 3.63) is 29.8 Å². The van der Waals surface area contributed by atoms with E-state index >= 15 is 0 Å². The van der Waals surface area contributed by atoms with E-state index in [0.717, 1.165) is 19.0 Å². The fraction of sp³-hybridized carbons (Fsp3) is 0.714. The summed E-state index contributed by atoms with van der Waals surface area (Å²) in [6.07, 6.45) is 7.08. The van der Waals surface area contributed by atoms with Crippen molar-refractivity contribution in [1.29, 1.82) is 0 Å². The molecule has 2 fully saturated rings. The van der Waals surface area contributed by atoms with Crippen LogP contribution in [0.25, 0.3) is 0 Å². The quantitative estimate of drug-likeness (QED) is 0.763. The van der Waals surface area contributed by atoms with Crippen LogP contribution in [0.1, 0.15) is 64.5 Å². The Kier molecular flexibility index (Phi) is 6.28. The number of rotatable bonds is 4. The number of thioether (sulfide) groups is 1. The Balaban J connectivity index is 1.92. The van der Waals surface area contributed by atoms with Gasteiger partial charge >= 0.3 is 0 Å². The summed E-state index contributed by atoms with van der Waals surface area (Å²) in [5.41, 5.74) is 1.59. The Bertz CT molecular complexity index is 493. The van der Waals surface area contributed by atoms with Gasteiger partial charge in [-0.05, 0) is 30.4 Å². The predicted molar refractivity (Wildman–Crippen MR) is 106 cm³/mol. The zero-order valence-corrected chi connectivity index (χ0v) is 16.5. The van der Waals surface area contributed by atoms with E-state index in [1.165, 1.54) is 50.1 Å². The van der Waals surface area contributed by atoms with Crippen molar-refractivity contribution in [3.8, 4) is 0 Å². The second kappa shape index (κ2) is 8.25. The molecule has 1 atom stereocenters. The van der Waals surface area contributed by atoms with Crippen LogP contribution < -0.4 is 5.32 Å². The zero-order chi connectivity index (χ0) is 17.0. The van der Waals surface area contributed by atoms with Gasteiger partial charge < -0.3 is 5.32 Å². The van der Waals surface area contributed by atoms with Gasteiger partial charge in [0.15, 0.2) is 0 Å². The van der Waals surface area contributed by atoms with E-state index in [2.05, 4.69) is 55.3 Å². The fourth-order valence-corrected chi connectivity index (χ4v) is 5.42. The zero-order valence-electron chi connectivity index (χ0n) is 15.7. The molecule has 0 unspecified atom stereocenters. The van der Waals surface area contributed by atoms with E-state index < -0.39 is 0 Å². The minimum atomic E-state index is 0.261. The Morgan fingerprint density at radius 2 is 1.71 bits per heavy atom. The number of nitrogens with zero attached hydrogens (tertiary/aromatic N) is 1. The van der Waals surface area contributed by atoms with Crippen LogP contribution in [0.4, 0.5) is 0 Å². The van der Waals surface area contributed by atoms with Gasteiger partial charge in [0.1, 0.15) is 0 Å². The Morgan fingerprint density at radius 1 is 1.04 bits per heavy atom. The third-order valence-electron chi connectivity index (χ3n) is 5.30. The van der Waals surface area contributed by atoms with Crippen molar-refractivity contribution in [2.24, 2.45) is 5.92 Å². The third kappa shape index (κ3) is 4.77. The molecule has 1 aromatic rings. The fourth-order valence-electron chi connectivity index (χ4n) is 4.31. The van der Waals surface area contributed by atoms with Crippen molar-refractivity contribution in [3.63, 3.8) is 0 Å². The second-order valence-corrected chi connectivity index (χ2v) is 10.2. The van der Waals surface area contributed by atoms with Crippen molar-refractivity contribution < 1.29 is 0 Å². The van der Waals surface area contributed by atoms with E-state index in [-0.39, 0.29) is 4.75 Å². The molecule has 2 nitrogen and oxygen atoms in total. The van der Waals surface area contributed by atoms with Crippen LogP contribution in [-0.2, 0) is 0 Å². The van der Waals surface area contributed by atoms with Crippen molar-refractivity contribution >= 4 is 11.8 Å². The Hall–Kier alpha value is -0.510. The monoisotopic (exact) mass is 346 g/mol. The second-order valence-electron chi connectivity index (χ2n) is 8.38. The standard InChI is InChI=1S/C21H34N2S/c1-21(2,3)24-19-12-8-7-11-18(19)20(17-9-5-4-6-10-17)23-15-13-22-14-16-23/h7-8,11-12,17,20,22H,4-6,9-10,13-16H2,1-3H3/t20-/m1/s1. The van der Waals surface area contributed by atoms with E-state index in [1.54, 1.807) is 5.56 Å². The van der Waals surface area contributed by atoms with Crippen LogP contribution in [0.3, 0.4) is 0 Å². The summed E-state index contributed by atoms with van der Waals surface area (Å²) < 4.78 is 0.261. The van der Waals surface area contributed by atoms with E-state index in [4.69, 9.17) is 0 Å². The topological polar surface area (TPSA) is 15.3 Å². The molecule has 2 aliphatic rings. The molecule has 3 rings (SSSR count). The lowest BCUT2D eigenvalue weighted by Crippen LogP contribution is -2.47. The van der Waals surface area contributed by atoms with Gasteiger partial charge in [0.2, 0.25) is 0 Å². The smallest absolute Gasteiger partial charge is 0.0388 e. The van der Waals surface area contributed by atoms with Gasteiger partial charge in [-0.25, -0.2) is 0 Å². The average molecular weight is 347 g/mol. The molecule has 3 heteroatoms. The molecule has 1 N–H and O–H groups in total. The largest absolute Gasteiger partial charge is 0.314 e.